The average Bonchev–Trinajstić information content (AvgIpc) is 2.94. The smallest absolute Gasteiger partial charge is 0.372 e. The molecule has 234 valence electrons. The number of pyridine rings is 1. The number of benzene rings is 1. The predicted octanol–water partition coefficient (Wildman–Crippen LogP) is 3.89. The van der Waals surface area contributed by atoms with E-state index in [1.807, 2.05) is 32.7 Å². The molecule has 5 atom stereocenters. The number of likely N-dealkylation sites (N-methyl/N-ethyl adjacent to an activating group) is 1. The van der Waals surface area contributed by atoms with E-state index in [4.69, 9.17) is 4.74 Å². The number of piperidine rings is 1. The second-order valence-corrected chi connectivity index (χ2v) is 11.9. The van der Waals surface area contributed by atoms with E-state index in [-0.39, 0.29) is 29.5 Å². The van der Waals surface area contributed by atoms with E-state index >= 15 is 4.39 Å². The summed E-state index contributed by atoms with van der Waals surface area (Å²) in [6, 6.07) is 6.46. The SMILES string of the molecule is C[C@@H]1CN(c2ccc(-c3cc(NC(=O)C4CNC(=O)CC4C(F)(F)F)c(N4CCN(C)[C@@H](C)C4)cc3F)cn2)C[C@H](C)O1. The van der Waals surface area contributed by atoms with Crippen molar-refractivity contribution in [2.45, 2.75) is 51.6 Å². The summed E-state index contributed by atoms with van der Waals surface area (Å²) < 4.78 is 63.0. The number of alkyl halides is 3. The molecule has 0 aliphatic carbocycles. The van der Waals surface area contributed by atoms with Crippen molar-refractivity contribution in [3.05, 3.63) is 36.3 Å². The van der Waals surface area contributed by atoms with Crippen LogP contribution in [0.15, 0.2) is 30.5 Å². The Morgan fingerprint density at radius 2 is 1.79 bits per heavy atom. The number of carbonyl (C=O) groups is 2. The number of aromatic nitrogens is 1. The van der Waals surface area contributed by atoms with Gasteiger partial charge in [0, 0.05) is 69.1 Å². The second-order valence-electron chi connectivity index (χ2n) is 11.9. The maximum atomic E-state index is 15.8. The van der Waals surface area contributed by atoms with Crippen molar-refractivity contribution < 1.29 is 31.9 Å². The highest BCUT2D eigenvalue weighted by molar-refractivity contribution is 5.98. The third-order valence-electron chi connectivity index (χ3n) is 8.61. The lowest BCUT2D eigenvalue weighted by molar-refractivity contribution is -0.197. The van der Waals surface area contributed by atoms with Crippen LogP contribution in [0.4, 0.5) is 34.8 Å². The first-order valence-corrected chi connectivity index (χ1v) is 14.6. The Balaban J connectivity index is 1.47. The minimum atomic E-state index is -4.73. The molecule has 5 rings (SSSR count). The summed E-state index contributed by atoms with van der Waals surface area (Å²) >= 11 is 0. The number of hydrogen-bond donors (Lipinski definition) is 2. The first-order valence-electron chi connectivity index (χ1n) is 14.6. The number of morpholine rings is 1. The van der Waals surface area contributed by atoms with Crippen molar-refractivity contribution in [1.29, 1.82) is 0 Å². The van der Waals surface area contributed by atoms with Crippen molar-refractivity contribution in [2.24, 2.45) is 11.8 Å². The van der Waals surface area contributed by atoms with Gasteiger partial charge in [0.1, 0.15) is 11.6 Å². The maximum absolute atomic E-state index is 15.8. The fourth-order valence-corrected chi connectivity index (χ4v) is 6.14. The van der Waals surface area contributed by atoms with Crippen LogP contribution in [-0.2, 0) is 14.3 Å². The highest BCUT2D eigenvalue weighted by Crippen LogP contribution is 2.39. The number of piperazine rings is 1. The van der Waals surface area contributed by atoms with Crippen LogP contribution in [0, 0.1) is 17.7 Å². The Bertz CT molecular complexity index is 1330. The summed E-state index contributed by atoms with van der Waals surface area (Å²) in [6.07, 6.45) is -3.93. The van der Waals surface area contributed by atoms with Gasteiger partial charge < -0.3 is 30.1 Å². The Hall–Kier alpha value is -3.45. The third-order valence-corrected chi connectivity index (χ3v) is 8.61. The molecule has 4 heterocycles. The summed E-state index contributed by atoms with van der Waals surface area (Å²) in [5.41, 5.74) is 1.21. The summed E-state index contributed by atoms with van der Waals surface area (Å²) in [5.74, 6) is -5.09. The Morgan fingerprint density at radius 1 is 1.07 bits per heavy atom. The first kappa shape index (κ1) is 31.0. The van der Waals surface area contributed by atoms with Gasteiger partial charge in [-0.2, -0.15) is 13.2 Å². The molecular weight excluding hydrogens is 568 g/mol. The molecule has 3 saturated heterocycles. The quantitative estimate of drug-likeness (QED) is 0.500. The van der Waals surface area contributed by atoms with Gasteiger partial charge in [0.25, 0.3) is 0 Å². The van der Waals surface area contributed by atoms with E-state index in [1.54, 1.807) is 18.3 Å². The van der Waals surface area contributed by atoms with Gasteiger partial charge in [0.15, 0.2) is 0 Å². The van der Waals surface area contributed by atoms with Crippen LogP contribution in [0.3, 0.4) is 0 Å². The third kappa shape index (κ3) is 6.87. The molecule has 3 fully saturated rings. The van der Waals surface area contributed by atoms with Crippen molar-refractivity contribution in [3.8, 4) is 11.1 Å². The fourth-order valence-electron chi connectivity index (χ4n) is 6.14. The van der Waals surface area contributed by atoms with Crippen molar-refractivity contribution >= 4 is 29.0 Å². The molecule has 43 heavy (non-hydrogen) atoms. The molecule has 0 spiro atoms. The molecule has 2 aromatic rings. The number of nitrogens with zero attached hydrogens (tertiary/aromatic N) is 4. The van der Waals surface area contributed by atoms with Gasteiger partial charge in [-0.15, -0.1) is 0 Å². The first-order chi connectivity index (χ1) is 20.3. The number of rotatable bonds is 5. The molecule has 13 heteroatoms. The fraction of sp³-hybridized carbons (Fsp3) is 0.567. The molecule has 0 radical (unpaired) electrons. The Morgan fingerprint density at radius 3 is 2.42 bits per heavy atom. The van der Waals surface area contributed by atoms with Gasteiger partial charge in [-0.05, 0) is 52.1 Å². The van der Waals surface area contributed by atoms with E-state index < -0.39 is 48.6 Å². The highest BCUT2D eigenvalue weighted by atomic mass is 19.4. The molecule has 2 unspecified atom stereocenters. The monoisotopic (exact) mass is 606 g/mol. The standard InChI is InChI=1S/C30H38F4N6O3/c1-17-14-39(8-7-38(17)4)26-11-24(31)21(20-5-6-27(35-12-20)40-15-18(2)43-19(3)16-40)9-25(26)37-29(42)22-13-36-28(41)10-23(22)30(32,33)34/h5-6,9,11-12,17-19,22-23H,7-8,10,13-16H2,1-4H3,(H,36,41)(H,37,42)/t17-,18-,19+,22?,23?/m0/s1. The second kappa shape index (κ2) is 12.3. The zero-order chi connectivity index (χ0) is 31.1. The molecule has 0 saturated carbocycles. The molecular formula is C30H38F4N6O3. The summed E-state index contributed by atoms with van der Waals surface area (Å²) in [4.78, 5) is 35.9. The number of ether oxygens (including phenoxy) is 1. The van der Waals surface area contributed by atoms with E-state index in [9.17, 15) is 22.8 Å². The normalized spacial score (nSPS) is 27.2. The van der Waals surface area contributed by atoms with Gasteiger partial charge in [-0.3, -0.25) is 9.59 Å². The lowest BCUT2D eigenvalue weighted by Gasteiger charge is -2.40. The van der Waals surface area contributed by atoms with Crippen molar-refractivity contribution in [2.75, 3.05) is 61.4 Å². The molecule has 3 aliphatic heterocycles. The van der Waals surface area contributed by atoms with Crippen LogP contribution in [0.2, 0.25) is 0 Å². The van der Waals surface area contributed by atoms with Crippen molar-refractivity contribution in [3.63, 3.8) is 0 Å². The molecule has 3 aliphatic rings. The van der Waals surface area contributed by atoms with Gasteiger partial charge >= 0.3 is 6.18 Å². The molecule has 1 aromatic heterocycles. The van der Waals surface area contributed by atoms with Crippen LogP contribution in [-0.4, -0.2) is 92.4 Å². The minimum absolute atomic E-state index is 0.0353. The molecule has 2 N–H and O–H groups in total. The van der Waals surface area contributed by atoms with Gasteiger partial charge in [-0.1, -0.05) is 0 Å². The van der Waals surface area contributed by atoms with Crippen LogP contribution < -0.4 is 20.4 Å². The lowest BCUT2D eigenvalue weighted by atomic mass is 9.84. The highest BCUT2D eigenvalue weighted by Gasteiger charge is 2.50. The topological polar surface area (TPSA) is 90.0 Å². The molecule has 2 amide bonds. The maximum Gasteiger partial charge on any atom is 0.393 e. The number of nitrogens with one attached hydrogen (secondary N) is 2. The summed E-state index contributed by atoms with van der Waals surface area (Å²) in [7, 11) is 1.98. The molecule has 9 nitrogen and oxygen atoms in total. The van der Waals surface area contributed by atoms with Crippen LogP contribution in [0.5, 0.6) is 0 Å². The molecule has 1 aromatic carbocycles. The van der Waals surface area contributed by atoms with Gasteiger partial charge in [0.05, 0.1) is 35.4 Å². The van der Waals surface area contributed by atoms with Gasteiger partial charge in [-0.25, -0.2) is 9.37 Å². The lowest BCUT2D eigenvalue weighted by Crippen LogP contribution is -2.51. The van der Waals surface area contributed by atoms with E-state index in [0.29, 0.717) is 44.0 Å². The number of carbonyl (C=O) groups excluding carboxylic acids is 2. The number of amides is 2. The average molecular weight is 607 g/mol. The van der Waals surface area contributed by atoms with E-state index in [2.05, 4.69) is 25.4 Å². The van der Waals surface area contributed by atoms with E-state index in [0.717, 1.165) is 5.82 Å². The van der Waals surface area contributed by atoms with E-state index in [1.165, 1.54) is 12.1 Å². The predicted molar refractivity (Wildman–Crippen MR) is 155 cm³/mol. The summed E-state index contributed by atoms with van der Waals surface area (Å²) in [5, 5.41) is 5.05. The molecule has 0 bridgehead atoms. The largest absolute Gasteiger partial charge is 0.393 e. The Kier molecular flexibility index (Phi) is 8.85. The van der Waals surface area contributed by atoms with Crippen LogP contribution in [0.25, 0.3) is 11.1 Å². The zero-order valence-electron chi connectivity index (χ0n) is 24.7. The number of hydrogen-bond acceptors (Lipinski definition) is 7. The minimum Gasteiger partial charge on any atom is -0.372 e. The van der Waals surface area contributed by atoms with Gasteiger partial charge in [0.2, 0.25) is 11.8 Å². The number of anilines is 3. The summed E-state index contributed by atoms with van der Waals surface area (Å²) in [6.45, 7) is 8.67. The number of halogens is 4. The van der Waals surface area contributed by atoms with Crippen LogP contribution in [0.1, 0.15) is 27.2 Å². The Labute approximate surface area is 248 Å². The van der Waals surface area contributed by atoms with Crippen molar-refractivity contribution in [1.82, 2.24) is 15.2 Å². The zero-order valence-corrected chi connectivity index (χ0v) is 24.7. The van der Waals surface area contributed by atoms with Crippen LogP contribution >= 0.6 is 0 Å².